The van der Waals surface area contributed by atoms with E-state index in [0.717, 1.165) is 12.2 Å². The summed E-state index contributed by atoms with van der Waals surface area (Å²) in [7, 11) is -9.76. The van der Waals surface area contributed by atoms with Crippen LogP contribution in [0.4, 0.5) is 0 Å². The SMILES string of the molecule is [N-]=[N+]=C1CC=CC(S(=O)(=O)O)=C1S(=O)(=O)O. The molecular formula is C6H6N2O6S2. The minimum Gasteiger partial charge on any atom is -0.361 e. The van der Waals surface area contributed by atoms with Crippen LogP contribution in [0.1, 0.15) is 6.42 Å². The summed E-state index contributed by atoms with van der Waals surface area (Å²) in [6, 6.07) is 0. The van der Waals surface area contributed by atoms with Crippen molar-refractivity contribution in [1.82, 2.24) is 0 Å². The Kier molecular flexibility index (Phi) is 3.13. The second-order valence-electron chi connectivity index (χ2n) is 2.80. The number of nitrogens with zero attached hydrogens (tertiary/aromatic N) is 2. The van der Waals surface area contributed by atoms with Gasteiger partial charge in [-0.1, -0.05) is 6.08 Å². The first-order chi connectivity index (χ1) is 7.18. The third-order valence-electron chi connectivity index (χ3n) is 1.72. The van der Waals surface area contributed by atoms with Crippen LogP contribution in [-0.2, 0) is 20.2 Å². The van der Waals surface area contributed by atoms with Crippen LogP contribution in [0.15, 0.2) is 22.0 Å². The number of allylic oxidation sites excluding steroid dienone is 3. The highest BCUT2D eigenvalue weighted by Crippen LogP contribution is 2.23. The molecule has 0 saturated heterocycles. The molecule has 8 nitrogen and oxygen atoms in total. The highest BCUT2D eigenvalue weighted by atomic mass is 32.2. The lowest BCUT2D eigenvalue weighted by Crippen LogP contribution is -2.21. The van der Waals surface area contributed by atoms with Gasteiger partial charge in [-0.05, 0) is 6.08 Å². The molecule has 1 aliphatic carbocycles. The van der Waals surface area contributed by atoms with Crippen molar-refractivity contribution in [1.29, 1.82) is 0 Å². The molecular weight excluding hydrogens is 260 g/mol. The summed E-state index contributed by atoms with van der Waals surface area (Å²) in [5, 5.41) is 0. The highest BCUT2D eigenvalue weighted by Gasteiger charge is 2.36. The Morgan fingerprint density at radius 1 is 1.19 bits per heavy atom. The molecule has 0 unspecified atom stereocenters. The van der Waals surface area contributed by atoms with Gasteiger partial charge in [-0.2, -0.15) is 21.6 Å². The van der Waals surface area contributed by atoms with E-state index in [1.165, 1.54) is 0 Å². The zero-order chi connectivity index (χ0) is 12.6. The molecule has 0 aromatic heterocycles. The molecule has 0 fully saturated rings. The molecule has 0 amide bonds. The first-order valence-corrected chi connectivity index (χ1v) is 6.63. The second kappa shape index (κ2) is 3.92. The zero-order valence-electron chi connectivity index (χ0n) is 7.60. The van der Waals surface area contributed by atoms with Gasteiger partial charge < -0.3 is 5.53 Å². The quantitative estimate of drug-likeness (QED) is 0.395. The molecule has 0 aromatic rings. The number of hydrogen-bond acceptors (Lipinski definition) is 4. The lowest BCUT2D eigenvalue weighted by atomic mass is 10.1. The van der Waals surface area contributed by atoms with Gasteiger partial charge in [0.2, 0.25) is 0 Å². The van der Waals surface area contributed by atoms with Crippen molar-refractivity contribution >= 4 is 25.9 Å². The Balaban J connectivity index is 3.78. The lowest BCUT2D eigenvalue weighted by molar-refractivity contribution is -0.00588. The molecule has 1 aliphatic rings. The molecule has 0 atom stereocenters. The van der Waals surface area contributed by atoms with Crippen molar-refractivity contribution < 1.29 is 30.7 Å². The monoisotopic (exact) mass is 266 g/mol. The smallest absolute Gasteiger partial charge is 0.318 e. The Labute approximate surface area is 91.0 Å². The fourth-order valence-electron chi connectivity index (χ4n) is 1.15. The van der Waals surface area contributed by atoms with Gasteiger partial charge in [0.1, 0.15) is 4.91 Å². The summed E-state index contributed by atoms with van der Waals surface area (Å²) in [6.07, 6.45) is 1.77. The van der Waals surface area contributed by atoms with E-state index in [9.17, 15) is 16.8 Å². The summed E-state index contributed by atoms with van der Waals surface area (Å²) in [6.45, 7) is 0. The van der Waals surface area contributed by atoms with Crippen molar-refractivity contribution in [3.8, 4) is 0 Å². The summed E-state index contributed by atoms with van der Waals surface area (Å²) >= 11 is 0. The Morgan fingerprint density at radius 2 is 1.75 bits per heavy atom. The van der Waals surface area contributed by atoms with Crippen LogP contribution in [0.5, 0.6) is 0 Å². The maximum absolute atomic E-state index is 10.9. The number of rotatable bonds is 2. The lowest BCUT2D eigenvalue weighted by Gasteiger charge is -2.07. The molecule has 0 aliphatic heterocycles. The van der Waals surface area contributed by atoms with Crippen molar-refractivity contribution in [2.45, 2.75) is 6.42 Å². The summed E-state index contributed by atoms with van der Waals surface area (Å²) in [5.41, 5.74) is 7.90. The van der Waals surface area contributed by atoms with Crippen LogP contribution in [0, 0.1) is 0 Å². The molecule has 2 N–H and O–H groups in total. The average Bonchev–Trinajstić information content (AvgIpc) is 2.13. The van der Waals surface area contributed by atoms with Crippen LogP contribution in [0.25, 0.3) is 5.53 Å². The van der Waals surface area contributed by atoms with Crippen LogP contribution >= 0.6 is 0 Å². The van der Waals surface area contributed by atoms with Crippen LogP contribution in [0.3, 0.4) is 0 Å². The predicted octanol–water partition coefficient (Wildman–Crippen LogP) is -0.396. The topological polar surface area (TPSA) is 145 Å². The summed E-state index contributed by atoms with van der Waals surface area (Å²) < 4.78 is 61.0. The van der Waals surface area contributed by atoms with Gasteiger partial charge >= 0.3 is 15.8 Å². The molecule has 0 heterocycles. The molecule has 0 spiro atoms. The van der Waals surface area contributed by atoms with Crippen molar-refractivity contribution in [2.75, 3.05) is 0 Å². The third kappa shape index (κ3) is 2.43. The average molecular weight is 266 g/mol. The fraction of sp³-hybridized carbons (Fsp3) is 0.167. The molecule has 16 heavy (non-hydrogen) atoms. The fourth-order valence-corrected chi connectivity index (χ4v) is 3.15. The van der Waals surface area contributed by atoms with Gasteiger partial charge in [-0.3, -0.25) is 9.11 Å². The Morgan fingerprint density at radius 3 is 2.12 bits per heavy atom. The van der Waals surface area contributed by atoms with Gasteiger partial charge in [0.05, 0.1) is 6.42 Å². The Bertz CT molecular complexity index is 633. The highest BCUT2D eigenvalue weighted by molar-refractivity contribution is 7.94. The minimum absolute atomic E-state index is 0.190. The standard InChI is InChI=1S/C6H6N2O6S2/c7-8-4-2-1-3-5(15(9,10)11)6(4)16(12,13)14/h1,3H,2H2,(H,9,10,11)(H,12,13,14). The molecule has 0 saturated carbocycles. The predicted molar refractivity (Wildman–Crippen MR) is 52.5 cm³/mol. The molecule has 0 aromatic carbocycles. The first-order valence-electron chi connectivity index (χ1n) is 3.75. The molecule has 88 valence electrons. The largest absolute Gasteiger partial charge is 0.361 e. The molecule has 0 bridgehead atoms. The molecule has 1 rings (SSSR count). The first kappa shape index (κ1) is 12.7. The van der Waals surface area contributed by atoms with Gasteiger partial charge in [-0.25, -0.2) is 0 Å². The summed E-state index contributed by atoms with van der Waals surface area (Å²) in [4.78, 5) is 0.394. The third-order valence-corrected chi connectivity index (χ3v) is 3.72. The van der Waals surface area contributed by atoms with E-state index in [0.29, 0.717) is 0 Å². The van der Waals surface area contributed by atoms with Crippen LogP contribution in [-0.4, -0.2) is 36.4 Å². The van der Waals surface area contributed by atoms with E-state index in [1.54, 1.807) is 0 Å². The van der Waals surface area contributed by atoms with Gasteiger partial charge in [-0.15, -0.1) is 0 Å². The zero-order valence-corrected chi connectivity index (χ0v) is 9.23. The van der Waals surface area contributed by atoms with E-state index in [1.807, 2.05) is 0 Å². The van der Waals surface area contributed by atoms with E-state index in [2.05, 4.69) is 4.79 Å². The molecule has 0 radical (unpaired) electrons. The van der Waals surface area contributed by atoms with Gasteiger partial charge in [0.25, 0.3) is 10.1 Å². The summed E-state index contributed by atoms with van der Waals surface area (Å²) in [5.74, 6) is 0. The van der Waals surface area contributed by atoms with Gasteiger partial charge in [0, 0.05) is 0 Å². The number of hydrogen-bond donors (Lipinski definition) is 2. The van der Waals surface area contributed by atoms with E-state index < -0.39 is 35.8 Å². The van der Waals surface area contributed by atoms with Crippen molar-refractivity contribution in [3.05, 3.63) is 27.5 Å². The second-order valence-corrected chi connectivity index (χ2v) is 5.55. The minimum atomic E-state index is -4.92. The van der Waals surface area contributed by atoms with Crippen LogP contribution in [0.2, 0.25) is 0 Å². The van der Waals surface area contributed by atoms with Crippen molar-refractivity contribution in [3.63, 3.8) is 0 Å². The maximum atomic E-state index is 10.9. The van der Waals surface area contributed by atoms with Crippen molar-refractivity contribution in [2.24, 2.45) is 0 Å². The van der Waals surface area contributed by atoms with Crippen LogP contribution < -0.4 is 0 Å². The maximum Gasteiger partial charge on any atom is 0.318 e. The van der Waals surface area contributed by atoms with E-state index in [-0.39, 0.29) is 6.42 Å². The van der Waals surface area contributed by atoms with E-state index in [4.69, 9.17) is 14.6 Å². The van der Waals surface area contributed by atoms with E-state index >= 15 is 0 Å². The Hall–Kier alpha value is -1.32. The normalized spacial score (nSPS) is 17.5. The molecule has 10 heteroatoms. The van der Waals surface area contributed by atoms with Gasteiger partial charge in [0.15, 0.2) is 4.91 Å².